The highest BCUT2D eigenvalue weighted by Crippen LogP contribution is 2.29. The molecule has 3 aromatic carbocycles. The number of hydrogen-bond acceptors (Lipinski definition) is 2. The molecule has 0 fully saturated rings. The van der Waals surface area contributed by atoms with Crippen molar-refractivity contribution in [1.29, 1.82) is 0 Å². The Morgan fingerprint density at radius 1 is 0.963 bits per heavy atom. The Kier molecular flexibility index (Phi) is 6.83. The Morgan fingerprint density at radius 3 is 2.48 bits per heavy atom. The van der Waals surface area contributed by atoms with Crippen LogP contribution in [-0.4, -0.2) is 6.21 Å². The van der Waals surface area contributed by atoms with Crippen LogP contribution in [0, 0.1) is 6.92 Å². The minimum atomic E-state index is 0.351. The van der Waals surface area contributed by atoms with Crippen LogP contribution in [-0.2, 0) is 6.61 Å². The van der Waals surface area contributed by atoms with Crippen LogP contribution in [0.1, 0.15) is 16.7 Å². The van der Waals surface area contributed by atoms with Gasteiger partial charge in [-0.15, -0.1) is 0 Å². The van der Waals surface area contributed by atoms with Crippen molar-refractivity contribution in [2.75, 3.05) is 0 Å². The Bertz CT molecular complexity index is 1000. The molecule has 27 heavy (non-hydrogen) atoms. The molecule has 3 aromatic rings. The largest absolute Gasteiger partial charge is 0.488 e. The van der Waals surface area contributed by atoms with Crippen molar-refractivity contribution in [3.05, 3.63) is 90.8 Å². The highest BCUT2D eigenvalue weighted by Gasteiger charge is 2.06. The average Bonchev–Trinajstić information content (AvgIpc) is 2.63. The van der Waals surface area contributed by atoms with Gasteiger partial charge in [-0.2, -0.15) is 0 Å². The molecule has 0 saturated carbocycles. The molecule has 0 heterocycles. The SMILES string of the molecule is Cc1ccc(N=Cc2ccc(OCc3ccc(Cl)cc3Cl)c(Br)c2)cc1Cl. The van der Waals surface area contributed by atoms with E-state index in [0.717, 1.165) is 32.6 Å². The average molecular weight is 484 g/mol. The lowest BCUT2D eigenvalue weighted by molar-refractivity contribution is 0.304. The van der Waals surface area contributed by atoms with Gasteiger partial charge in [0, 0.05) is 26.8 Å². The van der Waals surface area contributed by atoms with Gasteiger partial charge in [0.2, 0.25) is 0 Å². The monoisotopic (exact) mass is 481 g/mol. The first kappa shape index (κ1) is 20.2. The number of ether oxygens (including phenoxy) is 1. The quantitative estimate of drug-likeness (QED) is 0.337. The molecule has 0 radical (unpaired) electrons. The number of benzene rings is 3. The molecule has 6 heteroatoms. The fraction of sp³-hybridized carbons (Fsp3) is 0.0952. The number of rotatable bonds is 5. The van der Waals surface area contributed by atoms with Crippen LogP contribution < -0.4 is 4.74 Å². The van der Waals surface area contributed by atoms with Crippen molar-refractivity contribution in [3.63, 3.8) is 0 Å². The third kappa shape index (κ3) is 5.49. The number of halogens is 4. The molecule has 0 unspecified atom stereocenters. The molecule has 0 saturated heterocycles. The molecule has 138 valence electrons. The van der Waals surface area contributed by atoms with E-state index in [1.807, 2.05) is 49.4 Å². The van der Waals surface area contributed by atoms with Crippen molar-refractivity contribution in [1.82, 2.24) is 0 Å². The van der Waals surface area contributed by atoms with E-state index in [4.69, 9.17) is 39.5 Å². The van der Waals surface area contributed by atoms with Crippen LogP contribution in [0.25, 0.3) is 0 Å². The zero-order valence-corrected chi connectivity index (χ0v) is 18.2. The second kappa shape index (κ2) is 9.11. The molecule has 0 amide bonds. The summed E-state index contributed by atoms with van der Waals surface area (Å²) in [7, 11) is 0. The van der Waals surface area contributed by atoms with Gasteiger partial charge in [-0.1, -0.05) is 46.9 Å². The van der Waals surface area contributed by atoms with Gasteiger partial charge in [0.1, 0.15) is 12.4 Å². The summed E-state index contributed by atoms with van der Waals surface area (Å²) in [4.78, 5) is 4.46. The minimum absolute atomic E-state index is 0.351. The van der Waals surface area contributed by atoms with E-state index >= 15 is 0 Å². The van der Waals surface area contributed by atoms with Gasteiger partial charge < -0.3 is 4.74 Å². The van der Waals surface area contributed by atoms with Crippen molar-refractivity contribution in [3.8, 4) is 5.75 Å². The smallest absolute Gasteiger partial charge is 0.134 e. The molecule has 3 rings (SSSR count). The Morgan fingerprint density at radius 2 is 1.78 bits per heavy atom. The summed E-state index contributed by atoms with van der Waals surface area (Å²) in [5.41, 5.74) is 3.64. The summed E-state index contributed by atoms with van der Waals surface area (Å²) in [5, 5.41) is 1.89. The number of nitrogens with zero attached hydrogens (tertiary/aromatic N) is 1. The Hall–Kier alpha value is -1.52. The first-order valence-electron chi connectivity index (χ1n) is 8.09. The molecule has 0 aliphatic heterocycles. The molecule has 0 aliphatic carbocycles. The molecular formula is C21H15BrCl3NO. The molecule has 0 spiro atoms. The summed E-state index contributed by atoms with van der Waals surface area (Å²) in [6, 6.07) is 16.8. The summed E-state index contributed by atoms with van der Waals surface area (Å²) in [6.45, 7) is 2.31. The Balaban J connectivity index is 1.69. The predicted octanol–water partition coefficient (Wildman–Crippen LogP) is 8.05. The third-order valence-corrected chi connectivity index (χ3v) is 5.49. The van der Waals surface area contributed by atoms with Crippen molar-refractivity contribution >= 4 is 62.6 Å². The zero-order chi connectivity index (χ0) is 19.4. The standard InChI is InChI=1S/C21H15BrCl3NO/c1-13-2-6-17(10-19(13)24)26-11-14-3-7-21(18(22)8-14)27-12-15-4-5-16(23)9-20(15)25/h2-11H,12H2,1H3. The lowest BCUT2D eigenvalue weighted by Gasteiger charge is -2.10. The Labute approximate surface area is 181 Å². The third-order valence-electron chi connectivity index (χ3n) is 3.87. The highest BCUT2D eigenvalue weighted by atomic mass is 79.9. The fourth-order valence-electron chi connectivity index (χ4n) is 2.32. The zero-order valence-electron chi connectivity index (χ0n) is 14.3. The van der Waals surface area contributed by atoms with Gasteiger partial charge in [-0.25, -0.2) is 0 Å². The van der Waals surface area contributed by atoms with Gasteiger partial charge in [0.05, 0.1) is 10.2 Å². The molecule has 0 bridgehead atoms. The lowest BCUT2D eigenvalue weighted by Crippen LogP contribution is -1.97. The number of aliphatic imine (C=N–C) groups is 1. The second-order valence-corrected chi connectivity index (χ2v) is 8.01. The van der Waals surface area contributed by atoms with E-state index < -0.39 is 0 Å². The number of hydrogen-bond donors (Lipinski definition) is 0. The number of aryl methyl sites for hydroxylation is 1. The van der Waals surface area contributed by atoms with Crippen LogP contribution >= 0.6 is 50.7 Å². The van der Waals surface area contributed by atoms with E-state index in [2.05, 4.69) is 20.9 Å². The first-order chi connectivity index (χ1) is 12.9. The van der Waals surface area contributed by atoms with Crippen molar-refractivity contribution in [2.45, 2.75) is 13.5 Å². The lowest BCUT2D eigenvalue weighted by atomic mass is 10.2. The maximum absolute atomic E-state index is 6.18. The highest BCUT2D eigenvalue weighted by molar-refractivity contribution is 9.10. The van der Waals surface area contributed by atoms with Crippen LogP contribution in [0.15, 0.2) is 64.1 Å². The molecular weight excluding hydrogens is 469 g/mol. The van der Waals surface area contributed by atoms with E-state index in [1.165, 1.54) is 0 Å². The fourth-order valence-corrected chi connectivity index (χ4v) is 3.47. The summed E-state index contributed by atoms with van der Waals surface area (Å²) in [5.74, 6) is 0.719. The van der Waals surface area contributed by atoms with Gasteiger partial charge >= 0.3 is 0 Å². The van der Waals surface area contributed by atoms with Gasteiger partial charge in [-0.3, -0.25) is 4.99 Å². The van der Waals surface area contributed by atoms with E-state index in [-0.39, 0.29) is 0 Å². The van der Waals surface area contributed by atoms with E-state index in [9.17, 15) is 0 Å². The van der Waals surface area contributed by atoms with Gasteiger partial charge in [-0.05, 0) is 76.4 Å². The van der Waals surface area contributed by atoms with Crippen molar-refractivity contribution < 1.29 is 4.74 Å². The summed E-state index contributed by atoms with van der Waals surface area (Å²) < 4.78 is 6.69. The maximum Gasteiger partial charge on any atom is 0.134 e. The molecule has 2 nitrogen and oxygen atoms in total. The second-order valence-electron chi connectivity index (χ2n) is 5.91. The van der Waals surface area contributed by atoms with Crippen LogP contribution in [0.4, 0.5) is 5.69 Å². The van der Waals surface area contributed by atoms with E-state index in [1.54, 1.807) is 18.3 Å². The molecule has 0 N–H and O–H groups in total. The maximum atomic E-state index is 6.18. The van der Waals surface area contributed by atoms with Gasteiger partial charge in [0.25, 0.3) is 0 Å². The van der Waals surface area contributed by atoms with Crippen LogP contribution in [0.2, 0.25) is 15.1 Å². The van der Waals surface area contributed by atoms with Crippen LogP contribution in [0.5, 0.6) is 5.75 Å². The summed E-state index contributed by atoms with van der Waals surface area (Å²) >= 11 is 21.8. The molecule has 0 aliphatic rings. The predicted molar refractivity (Wildman–Crippen MR) is 118 cm³/mol. The normalized spacial score (nSPS) is 11.1. The molecule has 0 atom stereocenters. The van der Waals surface area contributed by atoms with Gasteiger partial charge in [0.15, 0.2) is 0 Å². The first-order valence-corrected chi connectivity index (χ1v) is 10.0. The van der Waals surface area contributed by atoms with E-state index in [0.29, 0.717) is 21.7 Å². The van der Waals surface area contributed by atoms with Crippen LogP contribution in [0.3, 0.4) is 0 Å². The topological polar surface area (TPSA) is 21.6 Å². The summed E-state index contributed by atoms with van der Waals surface area (Å²) in [6.07, 6.45) is 1.78. The van der Waals surface area contributed by atoms with Crippen molar-refractivity contribution in [2.24, 2.45) is 4.99 Å². The molecule has 0 aromatic heterocycles. The minimum Gasteiger partial charge on any atom is -0.488 e.